The molecule has 0 aliphatic rings. The molecule has 0 aliphatic heterocycles. The number of nitrogens with zero attached hydrogens (tertiary/aromatic N) is 3. The monoisotopic (exact) mass is 225 g/mol. The van der Waals surface area contributed by atoms with E-state index in [1.807, 2.05) is 6.92 Å². The van der Waals surface area contributed by atoms with Crippen LogP contribution < -0.4 is 0 Å². The molecule has 1 heterocycles. The number of aryl methyl sites for hydroxylation is 1. The second kappa shape index (κ2) is 4.78. The second-order valence-corrected chi connectivity index (χ2v) is 3.50. The molecule has 0 radical (unpaired) electrons. The van der Waals surface area contributed by atoms with Crippen LogP contribution in [0.5, 0.6) is 0 Å². The third kappa shape index (κ3) is 2.39. The molecule has 1 amide bonds. The van der Waals surface area contributed by atoms with E-state index in [4.69, 9.17) is 5.11 Å². The van der Waals surface area contributed by atoms with Gasteiger partial charge >= 0.3 is 5.97 Å². The van der Waals surface area contributed by atoms with Gasteiger partial charge in [0.15, 0.2) is 6.04 Å². The van der Waals surface area contributed by atoms with Crippen LogP contribution in [0.1, 0.15) is 25.5 Å². The number of carbonyl (C=O) groups is 2. The minimum Gasteiger partial charge on any atom is -0.479 e. The van der Waals surface area contributed by atoms with Crippen LogP contribution in [0.2, 0.25) is 0 Å². The first kappa shape index (κ1) is 12.2. The summed E-state index contributed by atoms with van der Waals surface area (Å²) in [6, 6.07) is -0.974. The maximum atomic E-state index is 11.2. The fourth-order valence-corrected chi connectivity index (χ4v) is 1.41. The number of aliphatic carboxylic acids is 1. The van der Waals surface area contributed by atoms with Crippen LogP contribution in [0.25, 0.3) is 0 Å². The van der Waals surface area contributed by atoms with Gasteiger partial charge in [-0.05, 0) is 6.92 Å². The third-order valence-corrected chi connectivity index (χ3v) is 2.41. The minimum atomic E-state index is -1.06. The number of carboxylic acid groups (broad SMARTS) is 1. The van der Waals surface area contributed by atoms with Crippen LogP contribution in [-0.4, -0.2) is 38.7 Å². The van der Waals surface area contributed by atoms with Crippen molar-refractivity contribution >= 4 is 11.9 Å². The van der Waals surface area contributed by atoms with Gasteiger partial charge < -0.3 is 10.0 Å². The van der Waals surface area contributed by atoms with Gasteiger partial charge in [-0.25, -0.2) is 4.79 Å². The average Bonchev–Trinajstić information content (AvgIpc) is 2.65. The molecule has 1 aromatic heterocycles. The third-order valence-electron chi connectivity index (χ3n) is 2.41. The van der Waals surface area contributed by atoms with Crippen molar-refractivity contribution in [1.82, 2.24) is 14.7 Å². The highest BCUT2D eigenvalue weighted by molar-refractivity contribution is 5.83. The minimum absolute atomic E-state index is 0.295. The van der Waals surface area contributed by atoms with E-state index in [1.54, 1.807) is 10.9 Å². The Morgan fingerprint density at radius 3 is 2.62 bits per heavy atom. The molecule has 6 heteroatoms. The Bertz CT molecular complexity index is 400. The first-order valence-corrected chi connectivity index (χ1v) is 4.96. The normalized spacial score (nSPS) is 12.2. The first-order chi connectivity index (χ1) is 7.47. The van der Waals surface area contributed by atoms with E-state index < -0.39 is 12.0 Å². The summed E-state index contributed by atoms with van der Waals surface area (Å²) < 4.78 is 1.62. The molecule has 1 N–H and O–H groups in total. The maximum absolute atomic E-state index is 11.2. The number of likely N-dealkylation sites (N-methyl/N-ethyl adjacent to an activating group) is 1. The highest BCUT2D eigenvalue weighted by atomic mass is 16.4. The molecule has 16 heavy (non-hydrogen) atoms. The Hall–Kier alpha value is -1.85. The van der Waals surface area contributed by atoms with E-state index in [2.05, 4.69) is 5.10 Å². The zero-order valence-electron chi connectivity index (χ0n) is 9.54. The number of hydrogen-bond donors (Lipinski definition) is 1. The van der Waals surface area contributed by atoms with Crippen molar-refractivity contribution in [2.75, 3.05) is 7.05 Å². The van der Waals surface area contributed by atoms with E-state index in [-0.39, 0.29) is 5.91 Å². The topological polar surface area (TPSA) is 75.4 Å². The molecule has 0 saturated carbocycles. The Labute approximate surface area is 93.5 Å². The zero-order valence-corrected chi connectivity index (χ0v) is 9.54. The molecule has 0 fully saturated rings. The van der Waals surface area contributed by atoms with Crippen molar-refractivity contribution < 1.29 is 14.7 Å². The van der Waals surface area contributed by atoms with E-state index in [0.29, 0.717) is 12.1 Å². The van der Waals surface area contributed by atoms with E-state index in [9.17, 15) is 9.59 Å². The van der Waals surface area contributed by atoms with Crippen molar-refractivity contribution in [2.45, 2.75) is 26.4 Å². The van der Waals surface area contributed by atoms with Gasteiger partial charge in [-0.15, -0.1) is 0 Å². The number of carbonyl (C=O) groups excluding carboxylic acids is 1. The maximum Gasteiger partial charge on any atom is 0.331 e. The summed E-state index contributed by atoms with van der Waals surface area (Å²) in [5.74, 6) is -1.36. The Morgan fingerprint density at radius 2 is 2.25 bits per heavy atom. The number of aromatic nitrogens is 2. The Morgan fingerprint density at radius 1 is 1.62 bits per heavy atom. The van der Waals surface area contributed by atoms with Crippen molar-refractivity contribution in [1.29, 1.82) is 0 Å². The summed E-state index contributed by atoms with van der Waals surface area (Å²) >= 11 is 0. The van der Waals surface area contributed by atoms with Crippen LogP contribution in [0.15, 0.2) is 12.4 Å². The molecule has 0 saturated heterocycles. The molecule has 6 nitrogen and oxygen atoms in total. The van der Waals surface area contributed by atoms with Gasteiger partial charge in [-0.2, -0.15) is 5.10 Å². The van der Waals surface area contributed by atoms with Gasteiger partial charge in [-0.3, -0.25) is 9.48 Å². The largest absolute Gasteiger partial charge is 0.479 e. The summed E-state index contributed by atoms with van der Waals surface area (Å²) in [4.78, 5) is 23.5. The van der Waals surface area contributed by atoms with Crippen molar-refractivity contribution in [3.63, 3.8) is 0 Å². The molecule has 0 aliphatic carbocycles. The quantitative estimate of drug-likeness (QED) is 0.810. The predicted molar refractivity (Wildman–Crippen MR) is 56.7 cm³/mol. The van der Waals surface area contributed by atoms with Gasteiger partial charge in [0.05, 0.1) is 6.20 Å². The van der Waals surface area contributed by atoms with Crippen LogP contribution in [0.4, 0.5) is 0 Å². The van der Waals surface area contributed by atoms with Gasteiger partial charge in [0.25, 0.3) is 0 Å². The van der Waals surface area contributed by atoms with E-state index >= 15 is 0 Å². The Balaban J connectivity index is 3.02. The van der Waals surface area contributed by atoms with E-state index in [1.165, 1.54) is 25.1 Å². The Kier molecular flexibility index (Phi) is 3.65. The van der Waals surface area contributed by atoms with Gasteiger partial charge in [0.1, 0.15) is 0 Å². The summed E-state index contributed by atoms with van der Waals surface area (Å²) in [5.41, 5.74) is 0.507. The number of rotatable bonds is 4. The first-order valence-electron chi connectivity index (χ1n) is 4.96. The molecule has 0 bridgehead atoms. The molecule has 0 spiro atoms. The molecule has 1 atom stereocenters. The standard InChI is InChI=1S/C10H15N3O3/c1-4-13-6-8(5-11-13)9(10(15)16)12(3)7(2)14/h5-6,9H,4H2,1-3H3,(H,15,16). The summed E-state index contributed by atoms with van der Waals surface area (Å²) in [5, 5.41) is 13.1. The smallest absolute Gasteiger partial charge is 0.331 e. The molecular weight excluding hydrogens is 210 g/mol. The van der Waals surface area contributed by atoms with Gasteiger partial charge in [-0.1, -0.05) is 0 Å². The van der Waals surface area contributed by atoms with Crippen LogP contribution >= 0.6 is 0 Å². The predicted octanol–water partition coefficient (Wildman–Crippen LogP) is 0.507. The van der Waals surface area contributed by atoms with Crippen molar-refractivity contribution in [3.8, 4) is 0 Å². The molecule has 1 unspecified atom stereocenters. The van der Waals surface area contributed by atoms with Gasteiger partial charge in [0.2, 0.25) is 5.91 Å². The fourth-order valence-electron chi connectivity index (χ4n) is 1.41. The average molecular weight is 225 g/mol. The lowest BCUT2D eigenvalue weighted by Gasteiger charge is -2.22. The zero-order chi connectivity index (χ0) is 12.3. The number of amides is 1. The lowest BCUT2D eigenvalue weighted by molar-refractivity contribution is -0.148. The second-order valence-electron chi connectivity index (χ2n) is 3.50. The van der Waals surface area contributed by atoms with Crippen molar-refractivity contribution in [3.05, 3.63) is 18.0 Å². The lowest BCUT2D eigenvalue weighted by atomic mass is 10.1. The molecule has 1 rings (SSSR count). The van der Waals surface area contributed by atoms with E-state index in [0.717, 1.165) is 0 Å². The van der Waals surface area contributed by atoms with Crippen molar-refractivity contribution in [2.24, 2.45) is 0 Å². The highest BCUT2D eigenvalue weighted by Gasteiger charge is 2.27. The fraction of sp³-hybridized carbons (Fsp3) is 0.500. The highest BCUT2D eigenvalue weighted by Crippen LogP contribution is 2.19. The molecular formula is C10H15N3O3. The number of carboxylic acids is 1. The lowest BCUT2D eigenvalue weighted by Crippen LogP contribution is -2.34. The van der Waals surface area contributed by atoms with Crippen LogP contribution in [-0.2, 0) is 16.1 Å². The molecule has 0 aromatic carbocycles. The molecule has 88 valence electrons. The summed E-state index contributed by atoms with van der Waals surface area (Å²) in [6.07, 6.45) is 3.11. The summed E-state index contributed by atoms with van der Waals surface area (Å²) in [6.45, 7) is 3.90. The van der Waals surface area contributed by atoms with Gasteiger partial charge in [0, 0.05) is 32.3 Å². The molecule has 1 aromatic rings. The van der Waals surface area contributed by atoms with Crippen LogP contribution in [0.3, 0.4) is 0 Å². The SMILES string of the molecule is CCn1cc(C(C(=O)O)N(C)C(C)=O)cn1. The summed E-state index contributed by atoms with van der Waals surface area (Å²) in [7, 11) is 1.46. The van der Waals surface area contributed by atoms with Crippen LogP contribution in [0, 0.1) is 0 Å². The number of hydrogen-bond acceptors (Lipinski definition) is 3.